The lowest BCUT2D eigenvalue weighted by molar-refractivity contribution is -0.129. The van der Waals surface area contributed by atoms with Crippen molar-refractivity contribution in [2.24, 2.45) is 5.73 Å². The summed E-state index contributed by atoms with van der Waals surface area (Å²) in [4.78, 5) is 11.5. The van der Waals surface area contributed by atoms with Gasteiger partial charge in [-0.3, -0.25) is 4.79 Å². The van der Waals surface area contributed by atoms with Gasteiger partial charge < -0.3 is 20.9 Å². The monoisotopic (exact) mass is 202 g/mol. The van der Waals surface area contributed by atoms with E-state index >= 15 is 0 Å². The van der Waals surface area contributed by atoms with Crippen molar-refractivity contribution in [3.8, 4) is 0 Å². The summed E-state index contributed by atoms with van der Waals surface area (Å²) in [5.74, 6) is -0.168. The molecule has 5 nitrogen and oxygen atoms in total. The third-order valence-corrected chi connectivity index (χ3v) is 2.56. The van der Waals surface area contributed by atoms with Gasteiger partial charge in [0, 0.05) is 13.7 Å². The summed E-state index contributed by atoms with van der Waals surface area (Å²) in [6.45, 7) is 0.420. The van der Waals surface area contributed by atoms with E-state index < -0.39 is 11.6 Å². The number of carbonyl (C=O) groups is 1. The molecular formula is C9H18N2O3. The van der Waals surface area contributed by atoms with Crippen molar-refractivity contribution in [1.29, 1.82) is 0 Å². The standard InChI is InChI=1S/C9H18N2O3/c1-14-6-7(12)5-11-8(13)9(10)3-2-4-9/h7,12H,2-6,10H2,1H3,(H,11,13). The van der Waals surface area contributed by atoms with Crippen LogP contribution in [0, 0.1) is 0 Å². The number of methoxy groups -OCH3 is 1. The number of ether oxygens (including phenoxy) is 1. The molecule has 1 saturated carbocycles. The van der Waals surface area contributed by atoms with E-state index in [0.29, 0.717) is 0 Å². The first kappa shape index (κ1) is 11.4. The Bertz CT molecular complexity index is 204. The van der Waals surface area contributed by atoms with Crippen LogP contribution < -0.4 is 11.1 Å². The molecule has 1 aliphatic carbocycles. The van der Waals surface area contributed by atoms with Gasteiger partial charge in [0.2, 0.25) is 5.91 Å². The Balaban J connectivity index is 2.20. The normalized spacial score (nSPS) is 21.1. The van der Waals surface area contributed by atoms with E-state index in [9.17, 15) is 9.90 Å². The number of hydrogen-bond donors (Lipinski definition) is 3. The number of aliphatic hydroxyl groups excluding tert-OH is 1. The van der Waals surface area contributed by atoms with E-state index in [1.807, 2.05) is 0 Å². The second-order valence-electron chi connectivity index (χ2n) is 3.83. The predicted octanol–water partition coefficient (Wildman–Crippen LogP) is -1.01. The lowest BCUT2D eigenvalue weighted by Gasteiger charge is -2.36. The number of nitrogens with one attached hydrogen (secondary N) is 1. The molecule has 0 saturated heterocycles. The smallest absolute Gasteiger partial charge is 0.240 e. The van der Waals surface area contributed by atoms with Crippen LogP contribution >= 0.6 is 0 Å². The van der Waals surface area contributed by atoms with Crippen molar-refractivity contribution in [3.05, 3.63) is 0 Å². The maximum Gasteiger partial charge on any atom is 0.240 e. The fraction of sp³-hybridized carbons (Fsp3) is 0.889. The van der Waals surface area contributed by atoms with Crippen LogP contribution in [-0.4, -0.2) is 42.9 Å². The summed E-state index contributed by atoms with van der Waals surface area (Å²) in [7, 11) is 1.50. The number of aliphatic hydroxyl groups is 1. The highest BCUT2D eigenvalue weighted by Crippen LogP contribution is 2.28. The predicted molar refractivity (Wildman–Crippen MR) is 51.7 cm³/mol. The molecule has 1 fully saturated rings. The van der Waals surface area contributed by atoms with Gasteiger partial charge in [0.1, 0.15) is 0 Å². The molecule has 5 heteroatoms. The first-order chi connectivity index (χ1) is 6.58. The zero-order chi connectivity index (χ0) is 10.6. The zero-order valence-electron chi connectivity index (χ0n) is 8.45. The highest BCUT2D eigenvalue weighted by molar-refractivity contribution is 5.86. The van der Waals surface area contributed by atoms with Crippen molar-refractivity contribution in [1.82, 2.24) is 5.32 Å². The van der Waals surface area contributed by atoms with Gasteiger partial charge >= 0.3 is 0 Å². The summed E-state index contributed by atoms with van der Waals surface area (Å²) in [6, 6.07) is 0. The average molecular weight is 202 g/mol. The molecule has 0 radical (unpaired) electrons. The third kappa shape index (κ3) is 2.67. The molecule has 0 aliphatic heterocycles. The van der Waals surface area contributed by atoms with E-state index in [1.54, 1.807) is 0 Å². The summed E-state index contributed by atoms with van der Waals surface area (Å²) in [5.41, 5.74) is 5.09. The summed E-state index contributed by atoms with van der Waals surface area (Å²) in [5, 5.41) is 11.9. The largest absolute Gasteiger partial charge is 0.389 e. The molecule has 82 valence electrons. The number of hydrogen-bond acceptors (Lipinski definition) is 4. The fourth-order valence-electron chi connectivity index (χ4n) is 1.42. The molecule has 0 bridgehead atoms. The van der Waals surface area contributed by atoms with Gasteiger partial charge in [0.25, 0.3) is 0 Å². The van der Waals surface area contributed by atoms with Gasteiger partial charge in [0.05, 0.1) is 18.2 Å². The lowest BCUT2D eigenvalue weighted by atomic mass is 9.77. The Labute approximate surface area is 83.6 Å². The van der Waals surface area contributed by atoms with Crippen molar-refractivity contribution in [3.63, 3.8) is 0 Å². The van der Waals surface area contributed by atoms with E-state index in [-0.39, 0.29) is 19.1 Å². The number of nitrogens with two attached hydrogens (primary N) is 1. The number of amides is 1. The molecular weight excluding hydrogens is 184 g/mol. The molecule has 0 heterocycles. The third-order valence-electron chi connectivity index (χ3n) is 2.56. The van der Waals surface area contributed by atoms with Crippen molar-refractivity contribution in [2.45, 2.75) is 30.9 Å². The highest BCUT2D eigenvalue weighted by atomic mass is 16.5. The van der Waals surface area contributed by atoms with E-state index in [2.05, 4.69) is 5.32 Å². The van der Waals surface area contributed by atoms with E-state index in [0.717, 1.165) is 19.3 Å². The average Bonchev–Trinajstić information content (AvgIpc) is 2.11. The summed E-state index contributed by atoms with van der Waals surface area (Å²) >= 11 is 0. The Morgan fingerprint density at radius 3 is 2.79 bits per heavy atom. The van der Waals surface area contributed by atoms with Gasteiger partial charge in [-0.2, -0.15) is 0 Å². The maximum atomic E-state index is 11.5. The van der Waals surface area contributed by atoms with Crippen LogP contribution in [0.15, 0.2) is 0 Å². The molecule has 0 spiro atoms. The quantitative estimate of drug-likeness (QED) is 0.533. The molecule has 1 atom stereocenters. The minimum atomic E-state index is -0.688. The SMILES string of the molecule is COCC(O)CNC(=O)C1(N)CCC1. The van der Waals surface area contributed by atoms with Crippen LogP contribution in [0.1, 0.15) is 19.3 Å². The molecule has 1 unspecified atom stereocenters. The van der Waals surface area contributed by atoms with Crippen molar-refractivity contribution in [2.75, 3.05) is 20.3 Å². The molecule has 0 aromatic rings. The number of rotatable bonds is 5. The topological polar surface area (TPSA) is 84.6 Å². The first-order valence-corrected chi connectivity index (χ1v) is 4.83. The van der Waals surface area contributed by atoms with E-state index in [4.69, 9.17) is 10.5 Å². The Morgan fingerprint density at radius 2 is 2.36 bits per heavy atom. The fourth-order valence-corrected chi connectivity index (χ4v) is 1.42. The van der Waals surface area contributed by atoms with Crippen LogP contribution in [0.5, 0.6) is 0 Å². The molecule has 14 heavy (non-hydrogen) atoms. The molecule has 0 aromatic heterocycles. The second-order valence-corrected chi connectivity index (χ2v) is 3.83. The van der Waals surface area contributed by atoms with Crippen LogP contribution in [0.25, 0.3) is 0 Å². The van der Waals surface area contributed by atoms with Crippen LogP contribution in [-0.2, 0) is 9.53 Å². The summed E-state index contributed by atoms with van der Waals surface area (Å²) in [6.07, 6.45) is 1.82. The molecule has 1 amide bonds. The summed E-state index contributed by atoms with van der Waals surface area (Å²) < 4.78 is 4.73. The Morgan fingerprint density at radius 1 is 1.71 bits per heavy atom. The molecule has 0 aromatic carbocycles. The Hall–Kier alpha value is -0.650. The lowest BCUT2D eigenvalue weighted by Crippen LogP contribution is -2.59. The minimum absolute atomic E-state index is 0.168. The highest BCUT2D eigenvalue weighted by Gasteiger charge is 2.39. The van der Waals surface area contributed by atoms with Crippen LogP contribution in [0.3, 0.4) is 0 Å². The van der Waals surface area contributed by atoms with Gasteiger partial charge in [-0.15, -0.1) is 0 Å². The number of carbonyl (C=O) groups excluding carboxylic acids is 1. The first-order valence-electron chi connectivity index (χ1n) is 4.83. The maximum absolute atomic E-state index is 11.5. The van der Waals surface area contributed by atoms with Crippen LogP contribution in [0.4, 0.5) is 0 Å². The Kier molecular flexibility index (Phi) is 3.86. The zero-order valence-corrected chi connectivity index (χ0v) is 8.45. The second kappa shape index (κ2) is 4.72. The van der Waals surface area contributed by atoms with Gasteiger partial charge in [-0.1, -0.05) is 0 Å². The van der Waals surface area contributed by atoms with E-state index in [1.165, 1.54) is 7.11 Å². The molecule has 1 rings (SSSR count). The van der Waals surface area contributed by atoms with Crippen LogP contribution in [0.2, 0.25) is 0 Å². The van der Waals surface area contributed by atoms with Gasteiger partial charge in [-0.05, 0) is 19.3 Å². The molecule has 1 aliphatic rings. The van der Waals surface area contributed by atoms with Crippen molar-refractivity contribution < 1.29 is 14.6 Å². The van der Waals surface area contributed by atoms with Crippen molar-refractivity contribution >= 4 is 5.91 Å². The van der Waals surface area contributed by atoms with Gasteiger partial charge in [0.15, 0.2) is 0 Å². The minimum Gasteiger partial charge on any atom is -0.389 e. The van der Waals surface area contributed by atoms with Gasteiger partial charge in [-0.25, -0.2) is 0 Å². The molecule has 4 N–H and O–H groups in total.